The fourth-order valence-corrected chi connectivity index (χ4v) is 3.58. The summed E-state index contributed by atoms with van der Waals surface area (Å²) in [4.78, 5) is 39.5. The maximum absolute atomic E-state index is 12.4. The number of primary amides is 1. The van der Waals surface area contributed by atoms with E-state index in [9.17, 15) is 14.4 Å². The summed E-state index contributed by atoms with van der Waals surface area (Å²) in [6.07, 6.45) is 1.50. The standard InChI is InChI=1S/C19H26N4O3/c1-12-3-4-16(9-13(12)2)23-11-15(10-17(23)24)21-19(26)22-7-5-14(6-8-22)18(20)25/h3-4,9,14-15H,5-8,10-11H2,1-2H3,(H2,20,25)(H,21,26). The second-order valence-electron chi connectivity index (χ2n) is 7.29. The van der Waals surface area contributed by atoms with Gasteiger partial charge in [0.15, 0.2) is 0 Å². The summed E-state index contributed by atoms with van der Waals surface area (Å²) in [5, 5.41) is 2.96. The lowest BCUT2D eigenvalue weighted by atomic mass is 9.96. The molecule has 3 N–H and O–H groups in total. The Hall–Kier alpha value is -2.57. The van der Waals surface area contributed by atoms with Crippen molar-refractivity contribution in [3.8, 4) is 0 Å². The second kappa shape index (κ2) is 7.35. The molecule has 140 valence electrons. The first kappa shape index (κ1) is 18.2. The van der Waals surface area contributed by atoms with Crippen LogP contribution >= 0.6 is 0 Å². The quantitative estimate of drug-likeness (QED) is 0.853. The van der Waals surface area contributed by atoms with E-state index in [0.717, 1.165) is 11.3 Å². The molecular weight excluding hydrogens is 332 g/mol. The Morgan fingerprint density at radius 3 is 2.46 bits per heavy atom. The van der Waals surface area contributed by atoms with Gasteiger partial charge < -0.3 is 20.9 Å². The number of rotatable bonds is 3. The van der Waals surface area contributed by atoms with Crippen LogP contribution in [0.5, 0.6) is 0 Å². The third kappa shape index (κ3) is 3.81. The van der Waals surface area contributed by atoms with Crippen molar-refractivity contribution in [2.45, 2.75) is 39.2 Å². The molecule has 0 radical (unpaired) electrons. The van der Waals surface area contributed by atoms with Crippen LogP contribution in [0.25, 0.3) is 0 Å². The van der Waals surface area contributed by atoms with Gasteiger partial charge in [-0.25, -0.2) is 4.79 Å². The summed E-state index contributed by atoms with van der Waals surface area (Å²) >= 11 is 0. The van der Waals surface area contributed by atoms with Gasteiger partial charge in [-0.1, -0.05) is 6.07 Å². The average molecular weight is 358 g/mol. The summed E-state index contributed by atoms with van der Waals surface area (Å²) in [6.45, 7) is 5.57. The van der Waals surface area contributed by atoms with Crippen molar-refractivity contribution < 1.29 is 14.4 Å². The van der Waals surface area contributed by atoms with Crippen molar-refractivity contribution in [1.82, 2.24) is 10.2 Å². The third-order valence-corrected chi connectivity index (χ3v) is 5.44. The zero-order valence-corrected chi connectivity index (χ0v) is 15.3. The minimum Gasteiger partial charge on any atom is -0.369 e. The number of anilines is 1. The highest BCUT2D eigenvalue weighted by molar-refractivity contribution is 5.97. The normalized spacial score (nSPS) is 21.2. The molecule has 26 heavy (non-hydrogen) atoms. The number of nitrogens with two attached hydrogens (primary N) is 1. The van der Waals surface area contributed by atoms with Crippen LogP contribution in [0.1, 0.15) is 30.4 Å². The lowest BCUT2D eigenvalue weighted by molar-refractivity contribution is -0.123. The van der Waals surface area contributed by atoms with Gasteiger partial charge in [0.2, 0.25) is 11.8 Å². The fourth-order valence-electron chi connectivity index (χ4n) is 3.58. The van der Waals surface area contributed by atoms with E-state index >= 15 is 0 Å². The highest BCUT2D eigenvalue weighted by Crippen LogP contribution is 2.24. The summed E-state index contributed by atoms with van der Waals surface area (Å²) in [6, 6.07) is 5.58. The van der Waals surface area contributed by atoms with Crippen LogP contribution in [-0.4, -0.2) is 48.4 Å². The first-order chi connectivity index (χ1) is 12.3. The maximum atomic E-state index is 12.4. The van der Waals surface area contributed by atoms with Crippen LogP contribution in [0.3, 0.4) is 0 Å². The maximum Gasteiger partial charge on any atom is 0.317 e. The van der Waals surface area contributed by atoms with Crippen molar-refractivity contribution in [2.24, 2.45) is 11.7 Å². The molecule has 0 aliphatic carbocycles. The minimum atomic E-state index is -0.296. The Kier molecular flexibility index (Phi) is 5.15. The van der Waals surface area contributed by atoms with Gasteiger partial charge in [-0.3, -0.25) is 9.59 Å². The predicted octanol–water partition coefficient (Wildman–Crippen LogP) is 1.32. The van der Waals surface area contributed by atoms with E-state index in [-0.39, 0.29) is 29.8 Å². The number of urea groups is 1. The number of amides is 4. The van der Waals surface area contributed by atoms with Gasteiger partial charge >= 0.3 is 6.03 Å². The van der Waals surface area contributed by atoms with Crippen LogP contribution in [0, 0.1) is 19.8 Å². The second-order valence-corrected chi connectivity index (χ2v) is 7.29. The highest BCUT2D eigenvalue weighted by atomic mass is 16.2. The molecule has 2 aliphatic rings. The Bertz CT molecular complexity index is 725. The Morgan fingerprint density at radius 1 is 1.15 bits per heavy atom. The number of piperidine rings is 1. The zero-order valence-electron chi connectivity index (χ0n) is 15.3. The molecule has 0 spiro atoms. The van der Waals surface area contributed by atoms with Gasteiger partial charge in [-0.15, -0.1) is 0 Å². The van der Waals surface area contributed by atoms with Crippen LogP contribution < -0.4 is 16.0 Å². The molecule has 2 heterocycles. The fraction of sp³-hybridized carbons (Fsp3) is 0.526. The van der Waals surface area contributed by atoms with Gasteiger partial charge in [-0.2, -0.15) is 0 Å². The number of benzene rings is 1. The number of carbonyl (C=O) groups is 3. The van der Waals surface area contributed by atoms with Gasteiger partial charge in [0.05, 0.1) is 6.04 Å². The Labute approximate surface area is 153 Å². The molecule has 1 aromatic carbocycles. The SMILES string of the molecule is Cc1ccc(N2CC(NC(=O)N3CCC(C(N)=O)CC3)CC2=O)cc1C. The summed E-state index contributed by atoms with van der Waals surface area (Å²) in [5.41, 5.74) is 8.52. The topological polar surface area (TPSA) is 95.7 Å². The van der Waals surface area contributed by atoms with E-state index in [4.69, 9.17) is 5.73 Å². The van der Waals surface area contributed by atoms with E-state index in [1.165, 1.54) is 5.56 Å². The van der Waals surface area contributed by atoms with Gasteiger partial charge in [0, 0.05) is 37.7 Å². The van der Waals surface area contributed by atoms with Crippen molar-refractivity contribution in [1.29, 1.82) is 0 Å². The smallest absolute Gasteiger partial charge is 0.317 e. The predicted molar refractivity (Wildman–Crippen MR) is 98.7 cm³/mol. The molecule has 7 heteroatoms. The van der Waals surface area contributed by atoms with Crippen LogP contribution in [0.15, 0.2) is 18.2 Å². The summed E-state index contributed by atoms with van der Waals surface area (Å²) in [7, 11) is 0. The van der Waals surface area contributed by atoms with Gasteiger partial charge in [0.25, 0.3) is 0 Å². The Morgan fingerprint density at radius 2 is 1.85 bits per heavy atom. The number of nitrogens with zero attached hydrogens (tertiary/aromatic N) is 2. The monoisotopic (exact) mass is 358 g/mol. The zero-order chi connectivity index (χ0) is 18.8. The number of nitrogens with one attached hydrogen (secondary N) is 1. The molecular formula is C19H26N4O3. The molecule has 2 fully saturated rings. The largest absolute Gasteiger partial charge is 0.369 e. The molecule has 7 nitrogen and oxygen atoms in total. The highest BCUT2D eigenvalue weighted by Gasteiger charge is 2.33. The molecule has 1 atom stereocenters. The summed E-state index contributed by atoms with van der Waals surface area (Å²) in [5.74, 6) is -0.422. The average Bonchev–Trinajstić information content (AvgIpc) is 2.97. The van der Waals surface area contributed by atoms with Crippen LogP contribution in [0.2, 0.25) is 0 Å². The van der Waals surface area contributed by atoms with Gasteiger partial charge in [0.1, 0.15) is 0 Å². The molecule has 0 saturated carbocycles. The first-order valence-corrected chi connectivity index (χ1v) is 9.07. The third-order valence-electron chi connectivity index (χ3n) is 5.44. The molecule has 4 amide bonds. The molecule has 0 bridgehead atoms. The number of likely N-dealkylation sites (tertiary alicyclic amines) is 1. The van der Waals surface area contributed by atoms with Crippen LogP contribution in [0.4, 0.5) is 10.5 Å². The molecule has 3 rings (SSSR count). The molecule has 0 aromatic heterocycles. The summed E-state index contributed by atoms with van der Waals surface area (Å²) < 4.78 is 0. The minimum absolute atomic E-state index is 0.0194. The number of carbonyl (C=O) groups excluding carboxylic acids is 3. The van der Waals surface area contributed by atoms with Crippen molar-refractivity contribution in [3.63, 3.8) is 0 Å². The first-order valence-electron chi connectivity index (χ1n) is 9.07. The van der Waals surface area contributed by atoms with E-state index in [1.54, 1.807) is 9.80 Å². The van der Waals surface area contributed by atoms with E-state index < -0.39 is 0 Å². The van der Waals surface area contributed by atoms with E-state index in [0.29, 0.717) is 38.9 Å². The van der Waals surface area contributed by atoms with Crippen molar-refractivity contribution in [2.75, 3.05) is 24.5 Å². The molecule has 2 saturated heterocycles. The lowest BCUT2D eigenvalue weighted by Gasteiger charge is -2.31. The Balaban J connectivity index is 1.56. The van der Waals surface area contributed by atoms with E-state index in [2.05, 4.69) is 5.32 Å². The van der Waals surface area contributed by atoms with Crippen LogP contribution in [-0.2, 0) is 9.59 Å². The number of hydrogen-bond acceptors (Lipinski definition) is 3. The molecule has 1 unspecified atom stereocenters. The van der Waals surface area contributed by atoms with Gasteiger partial charge in [-0.05, 0) is 49.9 Å². The lowest BCUT2D eigenvalue weighted by Crippen LogP contribution is -2.49. The number of aryl methyl sites for hydroxylation is 2. The van der Waals surface area contributed by atoms with Crippen molar-refractivity contribution >= 4 is 23.5 Å². The van der Waals surface area contributed by atoms with Crippen molar-refractivity contribution in [3.05, 3.63) is 29.3 Å². The molecule has 2 aliphatic heterocycles. The molecule has 1 aromatic rings. The van der Waals surface area contributed by atoms with E-state index in [1.807, 2.05) is 32.0 Å². The number of hydrogen-bond donors (Lipinski definition) is 2.